The van der Waals surface area contributed by atoms with E-state index in [1.807, 2.05) is 13.0 Å². The Morgan fingerprint density at radius 3 is 2.95 bits per heavy atom. The van der Waals surface area contributed by atoms with E-state index in [1.54, 1.807) is 6.07 Å². The molecule has 0 saturated carbocycles. The Morgan fingerprint density at radius 1 is 1.55 bits per heavy atom. The average molecular weight is 346 g/mol. The van der Waals surface area contributed by atoms with E-state index in [9.17, 15) is 9.50 Å². The number of ether oxygens (including phenoxy) is 1. The van der Waals surface area contributed by atoms with Crippen molar-refractivity contribution >= 4 is 15.9 Å². The van der Waals surface area contributed by atoms with Gasteiger partial charge in [0.1, 0.15) is 5.82 Å². The van der Waals surface area contributed by atoms with Gasteiger partial charge in [-0.1, -0.05) is 22.0 Å². The Bertz CT molecular complexity index is 449. The van der Waals surface area contributed by atoms with E-state index in [2.05, 4.69) is 21.2 Å². The normalized spacial score (nSPS) is 24.0. The van der Waals surface area contributed by atoms with Crippen molar-refractivity contribution in [3.63, 3.8) is 0 Å². The van der Waals surface area contributed by atoms with E-state index in [1.165, 1.54) is 6.07 Å². The van der Waals surface area contributed by atoms with Crippen molar-refractivity contribution in [2.75, 3.05) is 26.4 Å². The molecule has 1 aliphatic heterocycles. The first-order valence-electron chi connectivity index (χ1n) is 6.93. The van der Waals surface area contributed by atoms with Gasteiger partial charge in [-0.3, -0.25) is 0 Å². The molecule has 0 aromatic heterocycles. The van der Waals surface area contributed by atoms with Crippen molar-refractivity contribution in [1.29, 1.82) is 0 Å². The highest BCUT2D eigenvalue weighted by Crippen LogP contribution is 2.32. The molecule has 0 aliphatic carbocycles. The Hall–Kier alpha value is -0.490. The lowest BCUT2D eigenvalue weighted by Gasteiger charge is -2.29. The van der Waals surface area contributed by atoms with E-state index in [0.717, 1.165) is 30.5 Å². The van der Waals surface area contributed by atoms with E-state index in [4.69, 9.17) is 4.74 Å². The number of nitrogens with one attached hydrogen (secondary N) is 1. The second kappa shape index (κ2) is 6.98. The summed E-state index contributed by atoms with van der Waals surface area (Å²) < 4.78 is 20.1. The standard InChI is InChI=1S/C15H21BrFNO2/c1-11(13-3-2-12(16)8-14(13)17)18-9-15(4-6-19)5-7-20-10-15/h2-3,8,11,18-19H,4-7,9-10H2,1H3/t11-,15-/m1/s1. The van der Waals surface area contributed by atoms with E-state index >= 15 is 0 Å². The van der Waals surface area contributed by atoms with Crippen LogP contribution in [-0.4, -0.2) is 31.5 Å². The largest absolute Gasteiger partial charge is 0.396 e. The maximum Gasteiger partial charge on any atom is 0.129 e. The molecule has 20 heavy (non-hydrogen) atoms. The van der Waals surface area contributed by atoms with Gasteiger partial charge >= 0.3 is 0 Å². The van der Waals surface area contributed by atoms with Crippen LogP contribution in [0.15, 0.2) is 22.7 Å². The molecule has 1 heterocycles. The van der Waals surface area contributed by atoms with Crippen LogP contribution in [0.3, 0.4) is 0 Å². The third-order valence-corrected chi connectivity index (χ3v) is 4.53. The van der Waals surface area contributed by atoms with Crippen LogP contribution < -0.4 is 5.32 Å². The maximum atomic E-state index is 13.9. The van der Waals surface area contributed by atoms with Crippen molar-refractivity contribution < 1.29 is 14.2 Å². The number of hydrogen-bond donors (Lipinski definition) is 2. The fraction of sp³-hybridized carbons (Fsp3) is 0.600. The van der Waals surface area contributed by atoms with Gasteiger partial charge in [-0.2, -0.15) is 0 Å². The molecule has 1 fully saturated rings. The minimum Gasteiger partial charge on any atom is -0.396 e. The predicted octanol–water partition coefficient (Wildman–Crippen LogP) is 3.03. The molecule has 0 bridgehead atoms. The monoisotopic (exact) mass is 345 g/mol. The quantitative estimate of drug-likeness (QED) is 0.832. The molecule has 0 radical (unpaired) electrons. The molecule has 0 spiro atoms. The summed E-state index contributed by atoms with van der Waals surface area (Å²) in [6.07, 6.45) is 1.66. The SMILES string of the molecule is C[C@@H](NC[C@@]1(CCO)CCOC1)c1ccc(Br)cc1F. The van der Waals surface area contributed by atoms with Gasteiger partial charge in [-0.25, -0.2) is 4.39 Å². The summed E-state index contributed by atoms with van der Waals surface area (Å²) in [5, 5.41) is 12.6. The van der Waals surface area contributed by atoms with Gasteiger partial charge in [0.2, 0.25) is 0 Å². The average Bonchev–Trinajstić information content (AvgIpc) is 2.85. The van der Waals surface area contributed by atoms with Crippen LogP contribution in [-0.2, 0) is 4.74 Å². The number of rotatable bonds is 6. The van der Waals surface area contributed by atoms with Gasteiger partial charge in [0.15, 0.2) is 0 Å². The lowest BCUT2D eigenvalue weighted by Crippen LogP contribution is -2.37. The summed E-state index contributed by atoms with van der Waals surface area (Å²) in [6, 6.07) is 5.05. The van der Waals surface area contributed by atoms with Gasteiger partial charge in [-0.05, 0) is 31.9 Å². The fourth-order valence-electron chi connectivity index (χ4n) is 2.64. The topological polar surface area (TPSA) is 41.5 Å². The van der Waals surface area contributed by atoms with Crippen LogP contribution in [0, 0.1) is 11.2 Å². The van der Waals surface area contributed by atoms with Crippen molar-refractivity contribution in [3.8, 4) is 0 Å². The van der Waals surface area contributed by atoms with Crippen molar-refractivity contribution in [3.05, 3.63) is 34.1 Å². The van der Waals surface area contributed by atoms with Crippen LogP contribution >= 0.6 is 15.9 Å². The first kappa shape index (κ1) is 15.9. The molecular weight excluding hydrogens is 325 g/mol. The van der Waals surface area contributed by atoms with Crippen LogP contribution in [0.1, 0.15) is 31.4 Å². The highest BCUT2D eigenvalue weighted by Gasteiger charge is 2.34. The van der Waals surface area contributed by atoms with Gasteiger partial charge in [0, 0.05) is 41.3 Å². The molecule has 2 atom stereocenters. The van der Waals surface area contributed by atoms with Crippen molar-refractivity contribution in [2.24, 2.45) is 5.41 Å². The van der Waals surface area contributed by atoms with Gasteiger partial charge in [0.05, 0.1) is 6.61 Å². The third-order valence-electron chi connectivity index (χ3n) is 4.04. The summed E-state index contributed by atoms with van der Waals surface area (Å²) >= 11 is 3.26. The van der Waals surface area contributed by atoms with Crippen molar-refractivity contribution in [1.82, 2.24) is 5.32 Å². The van der Waals surface area contributed by atoms with E-state index in [0.29, 0.717) is 12.2 Å². The van der Waals surface area contributed by atoms with Crippen LogP contribution in [0.25, 0.3) is 0 Å². The zero-order chi connectivity index (χ0) is 14.6. The molecule has 2 N–H and O–H groups in total. The third kappa shape index (κ3) is 3.79. The van der Waals surface area contributed by atoms with Gasteiger partial charge < -0.3 is 15.2 Å². The Morgan fingerprint density at radius 2 is 2.35 bits per heavy atom. The molecule has 5 heteroatoms. The van der Waals surface area contributed by atoms with Crippen molar-refractivity contribution in [2.45, 2.75) is 25.8 Å². The number of halogens is 2. The van der Waals surface area contributed by atoms with Crippen LogP contribution in [0.4, 0.5) is 4.39 Å². The van der Waals surface area contributed by atoms with Gasteiger partial charge in [-0.15, -0.1) is 0 Å². The molecule has 1 aromatic carbocycles. The zero-order valence-electron chi connectivity index (χ0n) is 11.7. The lowest BCUT2D eigenvalue weighted by atomic mass is 9.83. The molecule has 2 rings (SSSR count). The summed E-state index contributed by atoms with van der Waals surface area (Å²) in [5.74, 6) is -0.210. The predicted molar refractivity (Wildman–Crippen MR) is 80.1 cm³/mol. The lowest BCUT2D eigenvalue weighted by molar-refractivity contribution is 0.122. The minimum absolute atomic E-state index is 0.0190. The Balaban J connectivity index is 1.98. The highest BCUT2D eigenvalue weighted by atomic mass is 79.9. The molecule has 1 aromatic rings. The van der Waals surface area contributed by atoms with Crippen LogP contribution in [0.2, 0.25) is 0 Å². The molecule has 112 valence electrons. The zero-order valence-corrected chi connectivity index (χ0v) is 13.2. The number of benzene rings is 1. The van der Waals surface area contributed by atoms with Crippen LogP contribution in [0.5, 0.6) is 0 Å². The number of aliphatic hydroxyl groups excluding tert-OH is 1. The molecule has 1 aliphatic rings. The Kier molecular flexibility index (Phi) is 5.55. The first-order chi connectivity index (χ1) is 9.56. The van der Waals surface area contributed by atoms with E-state index in [-0.39, 0.29) is 23.9 Å². The first-order valence-corrected chi connectivity index (χ1v) is 7.73. The number of aliphatic hydroxyl groups is 1. The highest BCUT2D eigenvalue weighted by molar-refractivity contribution is 9.10. The molecule has 3 nitrogen and oxygen atoms in total. The summed E-state index contributed by atoms with van der Waals surface area (Å²) in [7, 11) is 0. The molecule has 0 unspecified atom stereocenters. The maximum absolute atomic E-state index is 13.9. The molecule has 0 amide bonds. The van der Waals surface area contributed by atoms with Gasteiger partial charge in [0.25, 0.3) is 0 Å². The van der Waals surface area contributed by atoms with E-state index < -0.39 is 0 Å². The second-order valence-corrected chi connectivity index (χ2v) is 6.46. The summed E-state index contributed by atoms with van der Waals surface area (Å²) in [4.78, 5) is 0. The molecular formula is C15H21BrFNO2. The number of hydrogen-bond acceptors (Lipinski definition) is 3. The summed E-state index contributed by atoms with van der Waals surface area (Å²) in [5.41, 5.74) is 0.640. The fourth-order valence-corrected chi connectivity index (χ4v) is 2.98. The summed E-state index contributed by atoms with van der Waals surface area (Å²) in [6.45, 7) is 4.24. The molecule has 1 saturated heterocycles. The second-order valence-electron chi connectivity index (χ2n) is 5.54. The Labute approximate surface area is 127 Å². The smallest absolute Gasteiger partial charge is 0.129 e. The minimum atomic E-state index is -0.210.